The largest absolute Gasteiger partial charge is 0.494 e. The number of carbonyl (C=O) groups excluding carboxylic acids is 1. The number of hydrazone groups is 1. The fourth-order valence-corrected chi connectivity index (χ4v) is 2.79. The summed E-state index contributed by atoms with van der Waals surface area (Å²) >= 11 is 12.2. The predicted octanol–water partition coefficient (Wildman–Crippen LogP) is 0.734. The number of nitrogens with one attached hydrogen (secondary N) is 4. The van der Waals surface area contributed by atoms with Crippen molar-refractivity contribution in [1.82, 2.24) is 20.6 Å². The molecular formula is C15H16Cl2N6O5. The lowest BCUT2D eigenvalue weighted by molar-refractivity contribution is -0.120. The molecule has 2 rings (SSSR count). The molecule has 0 spiro atoms. The van der Waals surface area contributed by atoms with E-state index in [1.54, 1.807) is 0 Å². The number of anilines is 1. The molecule has 11 nitrogen and oxygen atoms in total. The fourth-order valence-electron chi connectivity index (χ4n) is 2.08. The first kappa shape index (κ1) is 21.3. The molecule has 0 aliphatic carbocycles. The number of hydrogen-bond donors (Lipinski definition) is 4. The Labute approximate surface area is 168 Å². The summed E-state index contributed by atoms with van der Waals surface area (Å²) in [5, 5.41) is 12.5. The van der Waals surface area contributed by atoms with Crippen LogP contribution in [-0.2, 0) is 4.79 Å². The van der Waals surface area contributed by atoms with Crippen LogP contribution in [0, 0.1) is 0 Å². The highest BCUT2D eigenvalue weighted by Gasteiger charge is 2.16. The first-order valence-corrected chi connectivity index (χ1v) is 8.47. The van der Waals surface area contributed by atoms with Crippen molar-refractivity contribution in [3.05, 3.63) is 42.5 Å². The summed E-state index contributed by atoms with van der Waals surface area (Å²) in [7, 11) is 2.84. The number of aromatic nitrogens is 3. The fraction of sp³-hybridized carbons (Fsp3) is 0.267. The standard InChI is InChI=1S/C15H16Cl2N6O5/c1-27-11-7(5-8(16)12(28-2)10(11)17)6-19-21-9(24)3-4-18-13-14(25)20-15(26)23-22-13/h5-6H,3-4H2,1-2H3,(H,18,22)(H,21,24)(H2,20,23,25,26)/b19-6+. The molecule has 1 amide bonds. The molecule has 0 unspecified atom stereocenters. The van der Waals surface area contributed by atoms with E-state index in [1.165, 1.54) is 26.5 Å². The molecule has 1 heterocycles. The van der Waals surface area contributed by atoms with Crippen LogP contribution >= 0.6 is 23.2 Å². The molecule has 0 aliphatic heterocycles. The molecule has 0 saturated heterocycles. The summed E-state index contributed by atoms with van der Waals surface area (Å²) in [5.41, 5.74) is 1.33. The number of ether oxygens (including phenoxy) is 2. The number of hydrogen-bond acceptors (Lipinski definition) is 8. The molecule has 1 aromatic carbocycles. The van der Waals surface area contributed by atoms with Gasteiger partial charge < -0.3 is 14.8 Å². The maximum atomic E-state index is 11.8. The van der Waals surface area contributed by atoms with Crippen LogP contribution in [-0.4, -0.2) is 48.1 Å². The van der Waals surface area contributed by atoms with Gasteiger partial charge in [0.25, 0.3) is 5.56 Å². The number of nitrogens with zero attached hydrogens (tertiary/aromatic N) is 2. The van der Waals surface area contributed by atoms with Crippen molar-refractivity contribution in [1.29, 1.82) is 0 Å². The van der Waals surface area contributed by atoms with Crippen molar-refractivity contribution < 1.29 is 14.3 Å². The van der Waals surface area contributed by atoms with E-state index in [2.05, 4.69) is 26.0 Å². The molecular weight excluding hydrogens is 415 g/mol. The predicted molar refractivity (Wildman–Crippen MR) is 104 cm³/mol. The Hall–Kier alpha value is -3.05. The van der Waals surface area contributed by atoms with Gasteiger partial charge in [0.2, 0.25) is 11.7 Å². The van der Waals surface area contributed by atoms with Gasteiger partial charge in [-0.05, 0) is 6.07 Å². The van der Waals surface area contributed by atoms with Crippen molar-refractivity contribution >= 4 is 41.1 Å². The van der Waals surface area contributed by atoms with Gasteiger partial charge in [-0.2, -0.15) is 5.10 Å². The van der Waals surface area contributed by atoms with Gasteiger partial charge in [-0.1, -0.05) is 23.2 Å². The third kappa shape index (κ3) is 5.24. The molecule has 4 N–H and O–H groups in total. The van der Waals surface area contributed by atoms with Gasteiger partial charge in [-0.25, -0.2) is 15.3 Å². The Kier molecular flexibility index (Phi) is 7.41. The number of halogens is 2. The second-order valence-electron chi connectivity index (χ2n) is 5.15. The van der Waals surface area contributed by atoms with Crippen LogP contribution in [0.15, 0.2) is 20.8 Å². The monoisotopic (exact) mass is 430 g/mol. The smallest absolute Gasteiger partial charge is 0.342 e. The van der Waals surface area contributed by atoms with E-state index in [-0.39, 0.29) is 40.3 Å². The number of amides is 1. The summed E-state index contributed by atoms with van der Waals surface area (Å²) < 4.78 is 10.3. The van der Waals surface area contributed by atoms with Crippen molar-refractivity contribution in [3.8, 4) is 11.5 Å². The van der Waals surface area contributed by atoms with E-state index in [0.29, 0.717) is 5.56 Å². The minimum atomic E-state index is -0.725. The third-order valence-electron chi connectivity index (χ3n) is 3.32. The molecule has 2 aromatic rings. The van der Waals surface area contributed by atoms with E-state index in [4.69, 9.17) is 32.7 Å². The van der Waals surface area contributed by atoms with Crippen molar-refractivity contribution in [2.24, 2.45) is 5.10 Å². The van der Waals surface area contributed by atoms with Gasteiger partial charge in [0.05, 0.1) is 25.5 Å². The minimum absolute atomic E-state index is 0.0150. The lowest BCUT2D eigenvalue weighted by Crippen LogP contribution is -2.28. The highest BCUT2D eigenvalue weighted by molar-refractivity contribution is 6.38. The summed E-state index contributed by atoms with van der Waals surface area (Å²) in [6.45, 7) is 0.0903. The van der Waals surface area contributed by atoms with Crippen LogP contribution < -0.4 is 31.5 Å². The Bertz CT molecular complexity index is 1000. The molecule has 150 valence electrons. The number of aromatic amines is 2. The maximum absolute atomic E-state index is 11.8. The van der Waals surface area contributed by atoms with Gasteiger partial charge >= 0.3 is 5.69 Å². The number of methoxy groups -OCH3 is 2. The highest BCUT2D eigenvalue weighted by Crippen LogP contribution is 2.41. The average Bonchev–Trinajstić information content (AvgIpc) is 2.64. The van der Waals surface area contributed by atoms with Crippen molar-refractivity contribution in [3.63, 3.8) is 0 Å². The molecule has 0 bridgehead atoms. The zero-order valence-corrected chi connectivity index (χ0v) is 16.3. The van der Waals surface area contributed by atoms with Crippen LogP contribution in [0.5, 0.6) is 11.5 Å². The summed E-state index contributed by atoms with van der Waals surface area (Å²) in [5.74, 6) is 0.00155. The summed E-state index contributed by atoms with van der Waals surface area (Å²) in [6, 6.07) is 1.52. The van der Waals surface area contributed by atoms with Crippen molar-refractivity contribution in [2.75, 3.05) is 26.1 Å². The van der Waals surface area contributed by atoms with Crippen LogP contribution in [0.3, 0.4) is 0 Å². The minimum Gasteiger partial charge on any atom is -0.494 e. The van der Waals surface area contributed by atoms with Crippen LogP contribution in [0.25, 0.3) is 0 Å². The first-order valence-electron chi connectivity index (χ1n) is 7.72. The lowest BCUT2D eigenvalue weighted by Gasteiger charge is -2.12. The van der Waals surface area contributed by atoms with Gasteiger partial charge in [-0.15, -0.1) is 5.10 Å². The Morgan fingerprint density at radius 3 is 2.64 bits per heavy atom. The molecule has 0 saturated carbocycles. The van der Waals surface area contributed by atoms with E-state index in [0.717, 1.165) is 0 Å². The van der Waals surface area contributed by atoms with Crippen LogP contribution in [0.4, 0.5) is 5.82 Å². The lowest BCUT2D eigenvalue weighted by atomic mass is 10.2. The van der Waals surface area contributed by atoms with Gasteiger partial charge in [0.15, 0.2) is 5.75 Å². The highest BCUT2D eigenvalue weighted by atomic mass is 35.5. The zero-order chi connectivity index (χ0) is 20.7. The number of carbonyl (C=O) groups is 1. The Balaban J connectivity index is 1.94. The second-order valence-corrected chi connectivity index (χ2v) is 5.94. The van der Waals surface area contributed by atoms with E-state index in [1.807, 2.05) is 4.98 Å². The molecule has 1 aromatic heterocycles. The Morgan fingerprint density at radius 1 is 1.29 bits per heavy atom. The quantitative estimate of drug-likeness (QED) is 0.356. The Morgan fingerprint density at radius 2 is 2.00 bits per heavy atom. The van der Waals surface area contributed by atoms with Gasteiger partial charge in [0, 0.05) is 18.5 Å². The molecule has 0 atom stereocenters. The molecule has 0 fully saturated rings. The zero-order valence-electron chi connectivity index (χ0n) is 14.8. The SMILES string of the molecule is COc1c(Cl)cc(/C=N/NC(=O)CCNc2n[nH]c(=O)[nH]c2=O)c(OC)c1Cl. The van der Waals surface area contributed by atoms with Gasteiger partial charge in [-0.3, -0.25) is 14.6 Å². The van der Waals surface area contributed by atoms with E-state index < -0.39 is 17.2 Å². The van der Waals surface area contributed by atoms with E-state index in [9.17, 15) is 14.4 Å². The molecule has 28 heavy (non-hydrogen) atoms. The molecule has 0 aliphatic rings. The number of H-pyrrole nitrogens is 2. The number of benzene rings is 1. The number of rotatable bonds is 8. The van der Waals surface area contributed by atoms with Crippen LogP contribution in [0.2, 0.25) is 10.0 Å². The third-order valence-corrected chi connectivity index (χ3v) is 3.94. The summed E-state index contributed by atoms with van der Waals surface area (Å²) in [4.78, 5) is 36.1. The first-order chi connectivity index (χ1) is 13.4. The van der Waals surface area contributed by atoms with E-state index >= 15 is 0 Å². The van der Waals surface area contributed by atoms with Gasteiger partial charge in [0.1, 0.15) is 10.8 Å². The van der Waals surface area contributed by atoms with Crippen LogP contribution in [0.1, 0.15) is 12.0 Å². The normalized spacial score (nSPS) is 10.7. The second kappa shape index (κ2) is 9.76. The molecule has 13 heteroatoms. The van der Waals surface area contributed by atoms with Crippen molar-refractivity contribution in [2.45, 2.75) is 6.42 Å². The average molecular weight is 431 g/mol. The topological polar surface area (TPSA) is 151 Å². The molecule has 0 radical (unpaired) electrons. The summed E-state index contributed by atoms with van der Waals surface area (Å²) in [6.07, 6.45) is 1.30. The maximum Gasteiger partial charge on any atom is 0.342 e.